The zero-order chi connectivity index (χ0) is 26.1. The van der Waals surface area contributed by atoms with Crippen LogP contribution >= 0.6 is 0 Å². The maximum Gasteiger partial charge on any atom is 0.276 e. The molecule has 37 heavy (non-hydrogen) atoms. The van der Waals surface area contributed by atoms with Crippen molar-refractivity contribution in [2.24, 2.45) is 7.05 Å². The van der Waals surface area contributed by atoms with E-state index in [1.807, 2.05) is 24.2 Å². The second-order valence-corrected chi connectivity index (χ2v) is 9.90. The smallest absolute Gasteiger partial charge is 0.276 e. The van der Waals surface area contributed by atoms with Crippen molar-refractivity contribution in [1.82, 2.24) is 24.6 Å². The molecule has 2 aromatic heterocycles. The number of hydrogen-bond donors (Lipinski definition) is 2. The number of para-hydroxylation sites is 1. The summed E-state index contributed by atoms with van der Waals surface area (Å²) in [5.41, 5.74) is 7.31. The van der Waals surface area contributed by atoms with Crippen LogP contribution in [0.15, 0.2) is 24.4 Å². The number of piperidine rings is 1. The van der Waals surface area contributed by atoms with Crippen LogP contribution in [0.3, 0.4) is 0 Å². The Morgan fingerprint density at radius 1 is 1.08 bits per heavy atom. The monoisotopic (exact) mass is 501 g/mol. The Balaban J connectivity index is 1.40. The lowest BCUT2D eigenvalue weighted by atomic mass is 9.93. The van der Waals surface area contributed by atoms with Gasteiger partial charge in [0.15, 0.2) is 5.69 Å². The number of nitrogens with zero attached hydrogens (tertiary/aromatic N) is 5. The lowest BCUT2D eigenvalue weighted by Crippen LogP contribution is -2.41. The molecule has 9 heteroatoms. The predicted octanol–water partition coefficient (Wildman–Crippen LogP) is 3.78. The minimum absolute atomic E-state index is 0.121. The lowest BCUT2D eigenvalue weighted by Gasteiger charge is -2.31. The first kappa shape index (κ1) is 24.9. The summed E-state index contributed by atoms with van der Waals surface area (Å²) < 4.78 is 1.77. The van der Waals surface area contributed by atoms with Gasteiger partial charge in [0, 0.05) is 50.6 Å². The molecule has 9 nitrogen and oxygen atoms in total. The number of benzene rings is 1. The van der Waals surface area contributed by atoms with Gasteiger partial charge in [-0.3, -0.25) is 14.3 Å². The minimum Gasteiger partial charge on any atom is -0.351 e. The second kappa shape index (κ2) is 10.3. The number of hydrogen-bond acceptors (Lipinski definition) is 6. The summed E-state index contributed by atoms with van der Waals surface area (Å²) >= 11 is 0. The average molecular weight is 502 g/mol. The fourth-order valence-corrected chi connectivity index (χ4v) is 5.50. The van der Waals surface area contributed by atoms with E-state index in [0.717, 1.165) is 84.5 Å². The van der Waals surface area contributed by atoms with Gasteiger partial charge in [0.1, 0.15) is 0 Å². The standard InChI is InChI=1S/C28H35N7O2/c1-5-18-8-7-9-19(6-2)23(18)31-27(37)25-22-11-10-20-16-29-28(32-24(20)26(22)34(4)33-25)30-21-12-14-35(15-13-21)17(3)36/h7-9,16,21H,5-6,10-15H2,1-4H3,(H,31,37)(H,29,30,32). The fourth-order valence-electron chi connectivity index (χ4n) is 5.50. The van der Waals surface area contributed by atoms with E-state index in [0.29, 0.717) is 18.1 Å². The van der Waals surface area contributed by atoms with Crippen LogP contribution in [0.25, 0.3) is 11.4 Å². The molecule has 0 radical (unpaired) electrons. The predicted molar refractivity (Wildman–Crippen MR) is 144 cm³/mol. The third kappa shape index (κ3) is 4.82. The number of nitrogens with one attached hydrogen (secondary N) is 2. The molecule has 0 unspecified atom stereocenters. The van der Waals surface area contributed by atoms with E-state index in [9.17, 15) is 9.59 Å². The van der Waals surface area contributed by atoms with Gasteiger partial charge in [-0.2, -0.15) is 5.10 Å². The number of anilines is 2. The van der Waals surface area contributed by atoms with Crippen LogP contribution in [0.1, 0.15) is 66.4 Å². The molecule has 2 aliphatic rings. The Morgan fingerprint density at radius 3 is 2.43 bits per heavy atom. The van der Waals surface area contributed by atoms with Crippen LogP contribution in [0.4, 0.5) is 11.6 Å². The Labute approximate surface area is 217 Å². The molecule has 0 atom stereocenters. The maximum absolute atomic E-state index is 13.5. The molecule has 2 N–H and O–H groups in total. The molecule has 0 spiro atoms. The lowest BCUT2D eigenvalue weighted by molar-refractivity contribution is -0.129. The molecule has 3 aromatic rings. The van der Waals surface area contributed by atoms with E-state index >= 15 is 0 Å². The molecule has 5 rings (SSSR count). The van der Waals surface area contributed by atoms with Crippen LogP contribution in [-0.2, 0) is 37.5 Å². The number of aryl methyl sites for hydroxylation is 4. The molecule has 3 heterocycles. The van der Waals surface area contributed by atoms with E-state index in [1.54, 1.807) is 11.6 Å². The van der Waals surface area contributed by atoms with Crippen molar-refractivity contribution in [2.75, 3.05) is 23.7 Å². The van der Waals surface area contributed by atoms with E-state index in [-0.39, 0.29) is 17.9 Å². The van der Waals surface area contributed by atoms with Crippen molar-refractivity contribution in [1.29, 1.82) is 0 Å². The molecule has 0 saturated carbocycles. The minimum atomic E-state index is -0.180. The molecule has 2 amide bonds. The zero-order valence-corrected chi connectivity index (χ0v) is 22.1. The molecule has 1 aliphatic carbocycles. The highest BCUT2D eigenvalue weighted by Gasteiger charge is 2.30. The average Bonchev–Trinajstić information content (AvgIpc) is 3.26. The van der Waals surface area contributed by atoms with Gasteiger partial charge in [0.05, 0.1) is 11.4 Å². The largest absolute Gasteiger partial charge is 0.351 e. The molecule has 1 aromatic carbocycles. The number of amides is 2. The summed E-state index contributed by atoms with van der Waals surface area (Å²) in [6, 6.07) is 6.39. The topological polar surface area (TPSA) is 105 Å². The van der Waals surface area contributed by atoms with Crippen molar-refractivity contribution in [2.45, 2.75) is 65.3 Å². The first-order valence-electron chi connectivity index (χ1n) is 13.3. The summed E-state index contributed by atoms with van der Waals surface area (Å²) in [7, 11) is 1.87. The fraction of sp³-hybridized carbons (Fsp3) is 0.464. The Morgan fingerprint density at radius 2 is 1.78 bits per heavy atom. The maximum atomic E-state index is 13.5. The summed E-state index contributed by atoms with van der Waals surface area (Å²) in [6.45, 7) is 7.29. The number of likely N-dealkylation sites (tertiary alicyclic amines) is 1. The SMILES string of the molecule is CCc1cccc(CC)c1NC(=O)c1nn(C)c2c1CCc1cnc(NC3CCN(C(C)=O)CC3)nc1-2. The summed E-state index contributed by atoms with van der Waals surface area (Å²) in [4.78, 5) is 36.4. The van der Waals surface area contributed by atoms with Gasteiger partial charge >= 0.3 is 0 Å². The number of rotatable bonds is 6. The molecule has 1 aliphatic heterocycles. The Kier molecular flexibility index (Phi) is 6.95. The van der Waals surface area contributed by atoms with Crippen molar-refractivity contribution in [3.8, 4) is 11.4 Å². The third-order valence-corrected chi connectivity index (χ3v) is 7.60. The van der Waals surface area contributed by atoms with Crippen LogP contribution in [0.5, 0.6) is 0 Å². The molecular weight excluding hydrogens is 466 g/mol. The normalized spacial score (nSPS) is 15.2. The molecule has 194 valence electrons. The Bertz CT molecular complexity index is 1320. The first-order valence-corrected chi connectivity index (χ1v) is 13.3. The second-order valence-electron chi connectivity index (χ2n) is 9.90. The van der Waals surface area contributed by atoms with E-state index in [1.165, 1.54) is 0 Å². The van der Waals surface area contributed by atoms with Crippen molar-refractivity contribution >= 4 is 23.5 Å². The van der Waals surface area contributed by atoms with Crippen LogP contribution in [0, 0.1) is 0 Å². The summed E-state index contributed by atoms with van der Waals surface area (Å²) in [5, 5.41) is 11.3. The number of aromatic nitrogens is 4. The van der Waals surface area contributed by atoms with Crippen LogP contribution in [0.2, 0.25) is 0 Å². The van der Waals surface area contributed by atoms with Gasteiger partial charge < -0.3 is 15.5 Å². The number of carbonyl (C=O) groups excluding carboxylic acids is 2. The summed E-state index contributed by atoms with van der Waals surface area (Å²) in [6.07, 6.45) is 6.78. The highest BCUT2D eigenvalue weighted by atomic mass is 16.2. The summed E-state index contributed by atoms with van der Waals surface area (Å²) in [5.74, 6) is 0.515. The van der Waals surface area contributed by atoms with Gasteiger partial charge in [-0.1, -0.05) is 32.0 Å². The van der Waals surface area contributed by atoms with Crippen molar-refractivity contribution < 1.29 is 9.59 Å². The first-order chi connectivity index (χ1) is 17.9. The van der Waals surface area contributed by atoms with Crippen LogP contribution in [-0.4, -0.2) is 55.6 Å². The molecule has 1 fully saturated rings. The third-order valence-electron chi connectivity index (χ3n) is 7.60. The highest BCUT2D eigenvalue weighted by Crippen LogP contribution is 2.35. The quantitative estimate of drug-likeness (QED) is 0.533. The van der Waals surface area contributed by atoms with Crippen LogP contribution < -0.4 is 10.6 Å². The molecule has 1 saturated heterocycles. The van der Waals surface area contributed by atoms with E-state index in [2.05, 4.69) is 46.7 Å². The van der Waals surface area contributed by atoms with E-state index in [4.69, 9.17) is 4.98 Å². The van der Waals surface area contributed by atoms with Crippen molar-refractivity contribution in [3.05, 3.63) is 52.3 Å². The Hall–Kier alpha value is -3.75. The number of fused-ring (bicyclic) bond motifs is 3. The van der Waals surface area contributed by atoms with Gasteiger partial charge in [-0.25, -0.2) is 9.97 Å². The van der Waals surface area contributed by atoms with Gasteiger partial charge in [0.25, 0.3) is 5.91 Å². The van der Waals surface area contributed by atoms with Gasteiger partial charge in [0.2, 0.25) is 11.9 Å². The van der Waals surface area contributed by atoms with Gasteiger partial charge in [-0.05, 0) is 55.2 Å². The van der Waals surface area contributed by atoms with Gasteiger partial charge in [-0.15, -0.1) is 0 Å². The highest BCUT2D eigenvalue weighted by molar-refractivity contribution is 6.05. The molecule has 0 bridgehead atoms. The zero-order valence-electron chi connectivity index (χ0n) is 22.1. The van der Waals surface area contributed by atoms with Crippen molar-refractivity contribution in [3.63, 3.8) is 0 Å². The number of carbonyl (C=O) groups is 2. The molecular formula is C28H35N7O2. The van der Waals surface area contributed by atoms with E-state index < -0.39 is 0 Å².